The molecule has 0 bridgehead atoms. The van der Waals surface area contributed by atoms with Gasteiger partial charge in [-0.1, -0.05) is 36.0 Å². The zero-order chi connectivity index (χ0) is 17.1. The van der Waals surface area contributed by atoms with Crippen molar-refractivity contribution >= 4 is 11.8 Å². The van der Waals surface area contributed by atoms with E-state index in [2.05, 4.69) is 10.3 Å². The van der Waals surface area contributed by atoms with Gasteiger partial charge in [-0.15, -0.1) is 0 Å². The van der Waals surface area contributed by atoms with Crippen LogP contribution in [0.4, 0.5) is 0 Å². The minimum Gasteiger partial charge on any atom is -0.312 e. The van der Waals surface area contributed by atoms with Crippen LogP contribution in [0, 0.1) is 0 Å². The smallest absolute Gasteiger partial charge is 0.263 e. The Labute approximate surface area is 150 Å². The Kier molecular flexibility index (Phi) is 4.63. The predicted molar refractivity (Wildman–Crippen MR) is 99.0 cm³/mol. The lowest BCUT2D eigenvalue weighted by molar-refractivity contribution is 0.595. The molecule has 3 aromatic rings. The van der Waals surface area contributed by atoms with Gasteiger partial charge in [-0.2, -0.15) is 0 Å². The van der Waals surface area contributed by atoms with Crippen molar-refractivity contribution in [2.75, 3.05) is 6.54 Å². The van der Waals surface area contributed by atoms with Crippen LogP contribution >= 0.6 is 11.8 Å². The van der Waals surface area contributed by atoms with Crippen LogP contribution in [0.1, 0.15) is 16.8 Å². The van der Waals surface area contributed by atoms with Crippen molar-refractivity contribution in [2.45, 2.75) is 23.9 Å². The molecule has 0 unspecified atom stereocenters. The van der Waals surface area contributed by atoms with Gasteiger partial charge in [-0.05, 0) is 23.8 Å². The summed E-state index contributed by atoms with van der Waals surface area (Å²) in [7, 11) is 0. The third-order valence-electron chi connectivity index (χ3n) is 4.18. The Balaban J connectivity index is 1.78. The summed E-state index contributed by atoms with van der Waals surface area (Å²) in [4.78, 5) is 22.1. The summed E-state index contributed by atoms with van der Waals surface area (Å²) in [6.07, 6.45) is 4.40. The zero-order valence-corrected chi connectivity index (χ0v) is 14.5. The highest BCUT2D eigenvalue weighted by molar-refractivity contribution is 7.98. The van der Waals surface area contributed by atoms with Crippen molar-refractivity contribution in [3.63, 3.8) is 0 Å². The van der Waals surface area contributed by atoms with Gasteiger partial charge in [0, 0.05) is 37.7 Å². The van der Waals surface area contributed by atoms with Crippen molar-refractivity contribution < 1.29 is 0 Å². The molecule has 126 valence electrons. The first-order valence-electron chi connectivity index (χ1n) is 8.25. The summed E-state index contributed by atoms with van der Waals surface area (Å²) in [5.41, 5.74) is 3.69. The number of thioether (sulfide) groups is 1. The molecule has 0 aliphatic carbocycles. The van der Waals surface area contributed by atoms with Gasteiger partial charge in [0.05, 0.1) is 16.9 Å². The van der Waals surface area contributed by atoms with Gasteiger partial charge >= 0.3 is 0 Å². The highest BCUT2D eigenvalue weighted by Crippen LogP contribution is 2.24. The van der Waals surface area contributed by atoms with Crippen molar-refractivity contribution in [3.05, 3.63) is 82.0 Å². The van der Waals surface area contributed by atoms with Gasteiger partial charge in [0.2, 0.25) is 0 Å². The van der Waals surface area contributed by atoms with Crippen LogP contribution in [0.5, 0.6) is 0 Å². The third kappa shape index (κ3) is 3.36. The fraction of sp³-hybridized carbons (Fsp3) is 0.211. The number of benzene rings is 1. The maximum Gasteiger partial charge on any atom is 0.263 e. The Hall–Kier alpha value is -2.44. The largest absolute Gasteiger partial charge is 0.312 e. The van der Waals surface area contributed by atoms with E-state index in [0.717, 1.165) is 46.4 Å². The number of nitrogens with one attached hydrogen (secondary N) is 1. The predicted octanol–water partition coefficient (Wildman–Crippen LogP) is 2.57. The lowest BCUT2D eigenvalue weighted by Crippen LogP contribution is -2.35. The molecule has 25 heavy (non-hydrogen) atoms. The lowest BCUT2D eigenvalue weighted by atomic mass is 10.1. The minimum atomic E-state index is 0.0251. The first-order chi connectivity index (χ1) is 12.3. The molecule has 0 spiro atoms. The molecular weight excluding hydrogens is 332 g/mol. The number of aromatic nitrogens is 3. The van der Waals surface area contributed by atoms with Gasteiger partial charge in [-0.3, -0.25) is 14.3 Å². The van der Waals surface area contributed by atoms with E-state index in [4.69, 9.17) is 4.98 Å². The number of para-hydroxylation sites is 1. The maximum atomic E-state index is 13.1. The first kappa shape index (κ1) is 16.1. The number of hydrogen-bond donors (Lipinski definition) is 1. The molecular formula is C19H18N4OS. The van der Waals surface area contributed by atoms with Crippen molar-refractivity contribution in [1.82, 2.24) is 19.9 Å². The number of nitrogens with zero attached hydrogens (tertiary/aromatic N) is 3. The van der Waals surface area contributed by atoms with Crippen molar-refractivity contribution in [1.29, 1.82) is 0 Å². The maximum absolute atomic E-state index is 13.1. The van der Waals surface area contributed by atoms with Crippen LogP contribution in [0.2, 0.25) is 0 Å². The van der Waals surface area contributed by atoms with E-state index in [-0.39, 0.29) is 5.56 Å². The molecule has 4 rings (SSSR count). The molecule has 0 saturated heterocycles. The second-order valence-corrected chi connectivity index (χ2v) is 6.81. The first-order valence-corrected chi connectivity index (χ1v) is 9.24. The monoisotopic (exact) mass is 350 g/mol. The quantitative estimate of drug-likeness (QED) is 0.579. The second-order valence-electron chi connectivity index (χ2n) is 5.87. The molecule has 1 aromatic carbocycles. The molecule has 6 heteroatoms. The van der Waals surface area contributed by atoms with Crippen LogP contribution in [0.3, 0.4) is 0 Å². The summed E-state index contributed by atoms with van der Waals surface area (Å²) in [5.74, 6) is 0.726. The van der Waals surface area contributed by atoms with E-state index in [0.29, 0.717) is 6.54 Å². The van der Waals surface area contributed by atoms with Gasteiger partial charge in [0.1, 0.15) is 0 Å². The van der Waals surface area contributed by atoms with Crippen LogP contribution in [0.25, 0.3) is 5.69 Å². The number of hydrogen-bond acceptors (Lipinski definition) is 5. The average Bonchev–Trinajstić information content (AvgIpc) is 2.68. The van der Waals surface area contributed by atoms with E-state index in [1.54, 1.807) is 22.5 Å². The SMILES string of the molecule is O=c1c2c(nc(SCc3cccnc3)n1-c1ccccc1)CCNC2. The van der Waals surface area contributed by atoms with Crippen LogP contribution < -0.4 is 10.9 Å². The molecule has 2 aromatic heterocycles. The third-order valence-corrected chi connectivity index (χ3v) is 5.19. The van der Waals surface area contributed by atoms with E-state index < -0.39 is 0 Å². The minimum absolute atomic E-state index is 0.0251. The van der Waals surface area contributed by atoms with E-state index in [1.807, 2.05) is 48.7 Å². The zero-order valence-electron chi connectivity index (χ0n) is 13.7. The fourth-order valence-corrected chi connectivity index (χ4v) is 3.87. The molecule has 1 N–H and O–H groups in total. The topological polar surface area (TPSA) is 59.8 Å². The molecule has 1 aliphatic rings. The Morgan fingerprint density at radius 1 is 1.16 bits per heavy atom. The molecule has 0 atom stereocenters. The lowest BCUT2D eigenvalue weighted by Gasteiger charge is -2.20. The van der Waals surface area contributed by atoms with E-state index >= 15 is 0 Å². The number of fused-ring (bicyclic) bond motifs is 1. The van der Waals surface area contributed by atoms with Crippen LogP contribution in [-0.4, -0.2) is 21.1 Å². The molecule has 0 amide bonds. The second kappa shape index (κ2) is 7.21. The van der Waals surface area contributed by atoms with Crippen LogP contribution in [0.15, 0.2) is 64.8 Å². The number of rotatable bonds is 4. The molecule has 0 saturated carbocycles. The van der Waals surface area contributed by atoms with Gasteiger partial charge in [0.15, 0.2) is 5.16 Å². The standard InChI is InChI=1S/C19H18N4OS/c24-18-16-12-21-10-8-17(16)22-19(23(18)15-6-2-1-3-7-15)25-13-14-5-4-9-20-11-14/h1-7,9,11,21H,8,10,12-13H2. The van der Waals surface area contributed by atoms with Gasteiger partial charge in [-0.25, -0.2) is 4.98 Å². The van der Waals surface area contributed by atoms with E-state index in [1.165, 1.54) is 0 Å². The van der Waals surface area contributed by atoms with Crippen molar-refractivity contribution in [2.24, 2.45) is 0 Å². The normalized spacial score (nSPS) is 13.4. The fourth-order valence-electron chi connectivity index (χ4n) is 2.92. The molecule has 0 fully saturated rings. The van der Waals surface area contributed by atoms with Crippen LogP contribution in [-0.2, 0) is 18.7 Å². The number of pyridine rings is 1. The Bertz CT molecular complexity index is 925. The average molecular weight is 350 g/mol. The summed E-state index contributed by atoms with van der Waals surface area (Å²) < 4.78 is 1.73. The molecule has 5 nitrogen and oxygen atoms in total. The Morgan fingerprint density at radius 3 is 2.84 bits per heavy atom. The van der Waals surface area contributed by atoms with Gasteiger partial charge in [0.25, 0.3) is 5.56 Å². The Morgan fingerprint density at radius 2 is 2.04 bits per heavy atom. The molecule has 3 heterocycles. The molecule has 1 aliphatic heterocycles. The van der Waals surface area contributed by atoms with E-state index in [9.17, 15) is 4.79 Å². The summed E-state index contributed by atoms with van der Waals surface area (Å²) >= 11 is 1.57. The summed E-state index contributed by atoms with van der Waals surface area (Å²) in [6.45, 7) is 1.45. The molecule has 0 radical (unpaired) electrons. The summed E-state index contributed by atoms with van der Waals surface area (Å²) in [5, 5.41) is 4.01. The summed E-state index contributed by atoms with van der Waals surface area (Å²) in [6, 6.07) is 13.7. The highest BCUT2D eigenvalue weighted by Gasteiger charge is 2.20. The van der Waals surface area contributed by atoms with Gasteiger partial charge < -0.3 is 5.32 Å². The van der Waals surface area contributed by atoms with Crippen molar-refractivity contribution in [3.8, 4) is 5.69 Å². The highest BCUT2D eigenvalue weighted by atomic mass is 32.2.